The zero-order chi connectivity index (χ0) is 20.2. The molecule has 3 aliphatic rings. The number of likely N-dealkylation sites (tertiary alicyclic amines) is 1. The summed E-state index contributed by atoms with van der Waals surface area (Å²) in [5.41, 5.74) is 0.155. The molecule has 0 bridgehead atoms. The average Bonchev–Trinajstić information content (AvgIpc) is 3.40. The SMILES string of the molecule is Cn1ccc(CC(=O)NC2CC3(CN(C(=O)C4(C)CCOC4)C3)n3ccnc32)n1. The number of aryl methyl sites for hydroxylation is 1. The van der Waals surface area contributed by atoms with Crippen LogP contribution in [0.4, 0.5) is 0 Å². The third kappa shape index (κ3) is 2.95. The number of rotatable bonds is 4. The fraction of sp³-hybridized carbons (Fsp3) is 0.600. The van der Waals surface area contributed by atoms with Gasteiger partial charge in [-0.1, -0.05) is 0 Å². The third-order valence-corrected chi connectivity index (χ3v) is 6.51. The monoisotopic (exact) mass is 398 g/mol. The van der Waals surface area contributed by atoms with E-state index in [0.29, 0.717) is 26.3 Å². The van der Waals surface area contributed by atoms with Crippen LogP contribution in [-0.4, -0.2) is 62.3 Å². The molecule has 154 valence electrons. The van der Waals surface area contributed by atoms with Crippen LogP contribution in [0, 0.1) is 5.41 Å². The Morgan fingerprint density at radius 1 is 1.34 bits per heavy atom. The molecule has 2 atom stereocenters. The number of fused-ring (bicyclic) bond motifs is 2. The summed E-state index contributed by atoms with van der Waals surface area (Å²) in [6.45, 7) is 4.44. The topological polar surface area (TPSA) is 94.3 Å². The Morgan fingerprint density at radius 3 is 2.86 bits per heavy atom. The molecule has 0 aliphatic carbocycles. The second-order valence-corrected chi connectivity index (χ2v) is 8.89. The van der Waals surface area contributed by atoms with Crippen molar-refractivity contribution in [3.63, 3.8) is 0 Å². The molecule has 1 spiro atoms. The van der Waals surface area contributed by atoms with Crippen LogP contribution in [0.3, 0.4) is 0 Å². The molecule has 29 heavy (non-hydrogen) atoms. The summed E-state index contributed by atoms with van der Waals surface area (Å²) in [4.78, 5) is 31.9. The molecule has 2 saturated heterocycles. The van der Waals surface area contributed by atoms with Crippen molar-refractivity contribution in [3.8, 4) is 0 Å². The molecule has 0 aromatic carbocycles. The van der Waals surface area contributed by atoms with E-state index in [9.17, 15) is 9.59 Å². The van der Waals surface area contributed by atoms with Crippen LogP contribution in [-0.2, 0) is 33.3 Å². The Morgan fingerprint density at radius 2 is 2.17 bits per heavy atom. The molecule has 5 heterocycles. The number of amides is 2. The van der Waals surface area contributed by atoms with Gasteiger partial charge in [0.1, 0.15) is 5.82 Å². The van der Waals surface area contributed by atoms with Crippen molar-refractivity contribution in [1.82, 2.24) is 29.5 Å². The van der Waals surface area contributed by atoms with E-state index in [2.05, 4.69) is 20.0 Å². The number of hydrogen-bond acceptors (Lipinski definition) is 5. The van der Waals surface area contributed by atoms with Gasteiger partial charge in [-0.25, -0.2) is 4.98 Å². The molecule has 0 radical (unpaired) electrons. The fourth-order valence-corrected chi connectivity index (χ4v) is 4.93. The van der Waals surface area contributed by atoms with Crippen molar-refractivity contribution in [2.45, 2.75) is 37.8 Å². The second-order valence-electron chi connectivity index (χ2n) is 8.89. The van der Waals surface area contributed by atoms with Gasteiger partial charge in [-0.2, -0.15) is 5.10 Å². The summed E-state index contributed by atoms with van der Waals surface area (Å²) in [5, 5.41) is 7.38. The average molecular weight is 398 g/mol. The van der Waals surface area contributed by atoms with Crippen molar-refractivity contribution in [2.24, 2.45) is 12.5 Å². The Hall–Kier alpha value is -2.68. The Kier molecular flexibility index (Phi) is 4.06. The number of nitrogens with one attached hydrogen (secondary N) is 1. The Labute approximate surface area is 169 Å². The lowest BCUT2D eigenvalue weighted by molar-refractivity contribution is -0.152. The van der Waals surface area contributed by atoms with Crippen molar-refractivity contribution in [2.75, 3.05) is 26.3 Å². The van der Waals surface area contributed by atoms with Crippen LogP contribution < -0.4 is 5.32 Å². The molecule has 2 unspecified atom stereocenters. The quantitative estimate of drug-likeness (QED) is 0.804. The van der Waals surface area contributed by atoms with E-state index in [0.717, 1.165) is 24.4 Å². The molecule has 3 aliphatic heterocycles. The largest absolute Gasteiger partial charge is 0.380 e. The van der Waals surface area contributed by atoms with Gasteiger partial charge in [0.05, 0.1) is 35.7 Å². The molecule has 2 aromatic rings. The molecule has 1 N–H and O–H groups in total. The zero-order valence-corrected chi connectivity index (χ0v) is 16.8. The number of imidazole rings is 1. The minimum atomic E-state index is -0.408. The van der Waals surface area contributed by atoms with Gasteiger partial charge in [0, 0.05) is 51.8 Å². The summed E-state index contributed by atoms with van der Waals surface area (Å²) in [7, 11) is 1.83. The third-order valence-electron chi connectivity index (χ3n) is 6.51. The number of carbonyl (C=O) groups excluding carboxylic acids is 2. The van der Waals surface area contributed by atoms with Gasteiger partial charge in [-0.15, -0.1) is 0 Å². The molecule has 5 rings (SSSR count). The van der Waals surface area contributed by atoms with Crippen LogP contribution in [0.1, 0.15) is 37.3 Å². The Balaban J connectivity index is 1.26. The van der Waals surface area contributed by atoms with Crippen LogP contribution in [0.25, 0.3) is 0 Å². The van der Waals surface area contributed by atoms with Gasteiger partial charge in [-0.3, -0.25) is 14.3 Å². The summed E-state index contributed by atoms with van der Waals surface area (Å²) >= 11 is 0. The summed E-state index contributed by atoms with van der Waals surface area (Å²) in [5.74, 6) is 0.968. The zero-order valence-electron chi connectivity index (χ0n) is 16.8. The first-order chi connectivity index (χ1) is 13.9. The molecule has 9 heteroatoms. The minimum Gasteiger partial charge on any atom is -0.380 e. The molecular formula is C20H26N6O3. The van der Waals surface area contributed by atoms with Gasteiger partial charge in [0.15, 0.2) is 0 Å². The number of aromatic nitrogens is 4. The van der Waals surface area contributed by atoms with Gasteiger partial charge in [-0.05, 0) is 19.4 Å². The highest BCUT2D eigenvalue weighted by Crippen LogP contribution is 2.46. The first-order valence-electron chi connectivity index (χ1n) is 10.1. The van der Waals surface area contributed by atoms with Gasteiger partial charge >= 0.3 is 0 Å². The maximum absolute atomic E-state index is 12.9. The van der Waals surface area contributed by atoms with Crippen molar-refractivity contribution in [3.05, 3.63) is 36.2 Å². The highest BCUT2D eigenvalue weighted by Gasteiger charge is 2.56. The lowest BCUT2D eigenvalue weighted by Gasteiger charge is -2.51. The van der Waals surface area contributed by atoms with E-state index in [1.54, 1.807) is 10.9 Å². The molecule has 9 nitrogen and oxygen atoms in total. The molecular weight excluding hydrogens is 372 g/mol. The van der Waals surface area contributed by atoms with Crippen LogP contribution in [0.5, 0.6) is 0 Å². The molecule has 0 saturated carbocycles. The summed E-state index contributed by atoms with van der Waals surface area (Å²) in [6, 6.07) is 1.70. The first kappa shape index (κ1) is 18.4. The number of carbonyl (C=O) groups is 2. The smallest absolute Gasteiger partial charge is 0.231 e. The number of nitrogens with zero attached hydrogens (tertiary/aromatic N) is 5. The van der Waals surface area contributed by atoms with Crippen molar-refractivity contribution < 1.29 is 14.3 Å². The highest BCUT2D eigenvalue weighted by atomic mass is 16.5. The van der Waals surface area contributed by atoms with E-state index in [1.165, 1.54) is 0 Å². The number of hydrogen-bond donors (Lipinski definition) is 1. The highest BCUT2D eigenvalue weighted by molar-refractivity contribution is 5.84. The number of ether oxygens (including phenoxy) is 1. The maximum Gasteiger partial charge on any atom is 0.231 e. The lowest BCUT2D eigenvalue weighted by atomic mass is 9.81. The maximum atomic E-state index is 12.9. The molecule has 2 amide bonds. The fourth-order valence-electron chi connectivity index (χ4n) is 4.93. The van der Waals surface area contributed by atoms with Gasteiger partial charge < -0.3 is 19.5 Å². The predicted octanol–water partition coefficient (Wildman–Crippen LogP) is 0.384. The van der Waals surface area contributed by atoms with E-state index in [1.807, 2.05) is 37.3 Å². The van der Waals surface area contributed by atoms with Crippen molar-refractivity contribution >= 4 is 11.8 Å². The normalized spacial score (nSPS) is 27.1. The van der Waals surface area contributed by atoms with Crippen LogP contribution in [0.15, 0.2) is 24.7 Å². The van der Waals surface area contributed by atoms with Crippen molar-refractivity contribution in [1.29, 1.82) is 0 Å². The van der Waals surface area contributed by atoms with Crippen LogP contribution >= 0.6 is 0 Å². The summed E-state index contributed by atoms with van der Waals surface area (Å²) < 4.78 is 9.29. The molecule has 2 fully saturated rings. The first-order valence-corrected chi connectivity index (χ1v) is 10.1. The second kappa shape index (κ2) is 6.41. The van der Waals surface area contributed by atoms with E-state index < -0.39 is 5.41 Å². The van der Waals surface area contributed by atoms with Crippen LogP contribution in [0.2, 0.25) is 0 Å². The van der Waals surface area contributed by atoms with Gasteiger partial charge in [0.25, 0.3) is 0 Å². The lowest BCUT2D eigenvalue weighted by Crippen LogP contribution is -2.65. The summed E-state index contributed by atoms with van der Waals surface area (Å²) in [6.07, 6.45) is 7.33. The standard InChI is InChI=1S/C20H26N6O3/c1-19(4-8-29-13-19)18(28)25-11-20(12-25)10-15(17-21-5-7-26(17)20)22-16(27)9-14-3-6-24(2)23-14/h3,5-7,15H,4,8-13H2,1-2H3,(H,22,27). The van der Waals surface area contributed by atoms with E-state index >= 15 is 0 Å². The van der Waals surface area contributed by atoms with E-state index in [-0.39, 0.29) is 29.8 Å². The van der Waals surface area contributed by atoms with E-state index in [4.69, 9.17) is 4.74 Å². The predicted molar refractivity (Wildman–Crippen MR) is 103 cm³/mol. The minimum absolute atomic E-state index is 0.0665. The Bertz CT molecular complexity index is 951. The molecule has 2 aromatic heterocycles. The van der Waals surface area contributed by atoms with Gasteiger partial charge in [0.2, 0.25) is 11.8 Å².